The molecule has 1 aromatic carbocycles. The SMILES string of the molecule is CCC[C@@H](C)n1nccc1NC(=O)N1CC(Oc2ccccc2OC)C1. The minimum absolute atomic E-state index is 0.0269. The maximum atomic E-state index is 12.4. The van der Waals surface area contributed by atoms with Crippen molar-refractivity contribution in [2.45, 2.75) is 38.8 Å². The first-order chi connectivity index (χ1) is 12.6. The number of carbonyl (C=O) groups excluding carboxylic acids is 1. The zero-order chi connectivity index (χ0) is 18.5. The number of nitrogens with zero attached hydrogens (tertiary/aromatic N) is 3. The van der Waals surface area contributed by atoms with Crippen LogP contribution in [0.2, 0.25) is 0 Å². The Hall–Kier alpha value is -2.70. The van der Waals surface area contributed by atoms with Gasteiger partial charge in [0.1, 0.15) is 11.9 Å². The summed E-state index contributed by atoms with van der Waals surface area (Å²) in [4.78, 5) is 14.2. The molecule has 2 aromatic rings. The van der Waals surface area contributed by atoms with Gasteiger partial charge in [-0.05, 0) is 25.5 Å². The Balaban J connectivity index is 1.52. The molecule has 3 rings (SSSR count). The molecule has 0 saturated carbocycles. The average molecular weight is 358 g/mol. The number of hydrogen-bond acceptors (Lipinski definition) is 4. The van der Waals surface area contributed by atoms with Crippen LogP contribution in [0.1, 0.15) is 32.7 Å². The first-order valence-electron chi connectivity index (χ1n) is 9.01. The van der Waals surface area contributed by atoms with Crippen molar-refractivity contribution < 1.29 is 14.3 Å². The van der Waals surface area contributed by atoms with Gasteiger partial charge in [0.05, 0.1) is 32.4 Å². The summed E-state index contributed by atoms with van der Waals surface area (Å²) in [5, 5.41) is 7.27. The van der Waals surface area contributed by atoms with E-state index in [9.17, 15) is 4.79 Å². The highest BCUT2D eigenvalue weighted by atomic mass is 16.5. The molecule has 0 bridgehead atoms. The number of nitrogens with one attached hydrogen (secondary N) is 1. The molecule has 2 heterocycles. The maximum Gasteiger partial charge on any atom is 0.323 e. The van der Waals surface area contributed by atoms with Gasteiger partial charge in [-0.3, -0.25) is 5.32 Å². The van der Waals surface area contributed by atoms with Gasteiger partial charge in [-0.2, -0.15) is 5.10 Å². The molecular weight excluding hydrogens is 332 g/mol. The van der Waals surface area contributed by atoms with Crippen molar-refractivity contribution >= 4 is 11.8 Å². The molecule has 26 heavy (non-hydrogen) atoms. The van der Waals surface area contributed by atoms with Crippen molar-refractivity contribution in [3.63, 3.8) is 0 Å². The zero-order valence-corrected chi connectivity index (χ0v) is 15.5. The molecule has 1 fully saturated rings. The van der Waals surface area contributed by atoms with E-state index in [1.54, 1.807) is 18.2 Å². The summed E-state index contributed by atoms with van der Waals surface area (Å²) in [5.41, 5.74) is 0. The van der Waals surface area contributed by atoms with E-state index < -0.39 is 0 Å². The van der Waals surface area contributed by atoms with Gasteiger partial charge in [0.2, 0.25) is 0 Å². The third-order valence-electron chi connectivity index (χ3n) is 4.53. The lowest BCUT2D eigenvalue weighted by Crippen LogP contribution is -2.57. The zero-order valence-electron chi connectivity index (χ0n) is 15.5. The number of likely N-dealkylation sites (tertiary alicyclic amines) is 1. The highest BCUT2D eigenvalue weighted by molar-refractivity contribution is 5.89. The summed E-state index contributed by atoms with van der Waals surface area (Å²) >= 11 is 0. The van der Waals surface area contributed by atoms with Crippen LogP contribution in [0.3, 0.4) is 0 Å². The summed E-state index contributed by atoms with van der Waals surface area (Å²) in [6, 6.07) is 9.48. The van der Waals surface area contributed by atoms with Crippen molar-refractivity contribution in [2.24, 2.45) is 0 Å². The third-order valence-corrected chi connectivity index (χ3v) is 4.53. The fourth-order valence-corrected chi connectivity index (χ4v) is 3.07. The van der Waals surface area contributed by atoms with Gasteiger partial charge < -0.3 is 14.4 Å². The Morgan fingerprint density at radius 2 is 2.04 bits per heavy atom. The lowest BCUT2D eigenvalue weighted by Gasteiger charge is -2.39. The van der Waals surface area contributed by atoms with E-state index in [2.05, 4.69) is 24.3 Å². The quantitative estimate of drug-likeness (QED) is 0.822. The lowest BCUT2D eigenvalue weighted by atomic mass is 10.2. The van der Waals surface area contributed by atoms with Gasteiger partial charge in [-0.25, -0.2) is 9.48 Å². The summed E-state index contributed by atoms with van der Waals surface area (Å²) in [5.74, 6) is 2.13. The normalized spacial score (nSPS) is 15.3. The third kappa shape index (κ3) is 3.92. The van der Waals surface area contributed by atoms with Gasteiger partial charge in [0.25, 0.3) is 0 Å². The molecule has 0 radical (unpaired) electrons. The van der Waals surface area contributed by atoms with Crippen molar-refractivity contribution in [1.29, 1.82) is 0 Å². The molecule has 140 valence electrons. The number of anilines is 1. The fraction of sp³-hybridized carbons (Fsp3) is 0.474. The first kappa shape index (κ1) is 18.1. The van der Waals surface area contributed by atoms with E-state index in [0.717, 1.165) is 18.7 Å². The van der Waals surface area contributed by atoms with Crippen LogP contribution in [-0.4, -0.2) is 47.0 Å². The van der Waals surface area contributed by atoms with E-state index in [1.807, 2.05) is 35.0 Å². The van der Waals surface area contributed by atoms with Gasteiger partial charge in [0, 0.05) is 6.07 Å². The summed E-state index contributed by atoms with van der Waals surface area (Å²) < 4.78 is 13.1. The number of hydrogen-bond donors (Lipinski definition) is 1. The van der Waals surface area contributed by atoms with Crippen molar-refractivity contribution in [3.8, 4) is 11.5 Å². The van der Waals surface area contributed by atoms with Crippen molar-refractivity contribution in [3.05, 3.63) is 36.5 Å². The monoisotopic (exact) mass is 358 g/mol. The molecule has 1 N–H and O–H groups in total. The largest absolute Gasteiger partial charge is 0.493 e. The van der Waals surface area contributed by atoms with Crippen LogP contribution in [0.4, 0.5) is 10.6 Å². The Kier molecular flexibility index (Phi) is 5.65. The predicted molar refractivity (Wildman–Crippen MR) is 99.8 cm³/mol. The Bertz CT molecular complexity index is 740. The van der Waals surface area contributed by atoms with E-state index in [0.29, 0.717) is 24.6 Å². The number of aromatic nitrogens is 2. The van der Waals surface area contributed by atoms with Gasteiger partial charge in [-0.1, -0.05) is 25.5 Å². The number of amides is 2. The second-order valence-electron chi connectivity index (χ2n) is 6.52. The number of methoxy groups -OCH3 is 1. The molecule has 7 heteroatoms. The summed E-state index contributed by atoms with van der Waals surface area (Å²) in [7, 11) is 1.62. The lowest BCUT2D eigenvalue weighted by molar-refractivity contribution is 0.0473. The summed E-state index contributed by atoms with van der Waals surface area (Å²) in [6.45, 7) is 5.33. The second kappa shape index (κ2) is 8.12. The standard InChI is InChI=1S/C19H26N4O3/c1-4-7-14(2)23-18(10-11-20-23)21-19(24)22-12-15(13-22)26-17-9-6-5-8-16(17)25-3/h5-6,8-11,14-15H,4,7,12-13H2,1-3H3,(H,21,24)/t14-/m1/s1. The molecule has 0 spiro atoms. The highest BCUT2D eigenvalue weighted by Crippen LogP contribution is 2.29. The number of benzene rings is 1. The molecular formula is C19H26N4O3. The van der Waals surface area contributed by atoms with E-state index in [4.69, 9.17) is 9.47 Å². The molecule has 1 atom stereocenters. The van der Waals surface area contributed by atoms with E-state index >= 15 is 0 Å². The Morgan fingerprint density at radius 1 is 1.31 bits per heavy atom. The topological polar surface area (TPSA) is 68.6 Å². The first-order valence-corrected chi connectivity index (χ1v) is 9.01. The smallest absolute Gasteiger partial charge is 0.323 e. The molecule has 1 saturated heterocycles. The van der Waals surface area contributed by atoms with Gasteiger partial charge >= 0.3 is 6.03 Å². The van der Waals surface area contributed by atoms with Crippen LogP contribution in [0.25, 0.3) is 0 Å². The minimum Gasteiger partial charge on any atom is -0.493 e. The van der Waals surface area contributed by atoms with Crippen LogP contribution in [0, 0.1) is 0 Å². The predicted octanol–water partition coefficient (Wildman–Crippen LogP) is 3.55. The molecule has 0 aliphatic carbocycles. The number of carbonyl (C=O) groups is 1. The van der Waals surface area contributed by atoms with Crippen LogP contribution in [0.15, 0.2) is 36.5 Å². The van der Waals surface area contributed by atoms with Crippen LogP contribution in [-0.2, 0) is 0 Å². The molecule has 0 unspecified atom stereocenters. The molecule has 1 aliphatic heterocycles. The maximum absolute atomic E-state index is 12.4. The van der Waals surface area contributed by atoms with Gasteiger partial charge in [0.15, 0.2) is 11.5 Å². The van der Waals surface area contributed by atoms with Crippen LogP contribution < -0.4 is 14.8 Å². The fourth-order valence-electron chi connectivity index (χ4n) is 3.07. The summed E-state index contributed by atoms with van der Waals surface area (Å²) in [6.07, 6.45) is 3.78. The number of ether oxygens (including phenoxy) is 2. The molecule has 1 aromatic heterocycles. The van der Waals surface area contributed by atoms with E-state index in [1.165, 1.54) is 0 Å². The van der Waals surface area contributed by atoms with Crippen molar-refractivity contribution in [1.82, 2.24) is 14.7 Å². The second-order valence-corrected chi connectivity index (χ2v) is 6.52. The number of urea groups is 1. The molecule has 2 amide bonds. The molecule has 1 aliphatic rings. The molecule has 7 nitrogen and oxygen atoms in total. The van der Waals surface area contributed by atoms with Crippen LogP contribution >= 0.6 is 0 Å². The van der Waals surface area contributed by atoms with Crippen molar-refractivity contribution in [2.75, 3.05) is 25.5 Å². The Morgan fingerprint density at radius 3 is 2.73 bits per heavy atom. The number of rotatable bonds is 7. The minimum atomic E-state index is -0.129. The highest BCUT2D eigenvalue weighted by Gasteiger charge is 2.33. The van der Waals surface area contributed by atoms with Crippen LogP contribution in [0.5, 0.6) is 11.5 Å². The van der Waals surface area contributed by atoms with E-state index in [-0.39, 0.29) is 18.2 Å². The van der Waals surface area contributed by atoms with Gasteiger partial charge in [-0.15, -0.1) is 0 Å². The number of para-hydroxylation sites is 2. The Labute approximate surface area is 153 Å². The average Bonchev–Trinajstić information content (AvgIpc) is 3.06.